The molecule has 55 heavy (non-hydrogen) atoms. The molecule has 6 aromatic carbocycles. The SMILES string of the molecule is Cc1cc2ccccc2c(N=Nc2ccc(/C=C(/C#N)c3ccc(/C(C#N)=C\c4ccc(N=NC5=C(O)C(C)C(C)c6ccccc65)cc4)cc3)cc2)c1O. The number of aromatic hydroxyl groups is 1. The van der Waals surface area contributed by atoms with Crippen LogP contribution in [0.1, 0.15) is 58.7 Å². The van der Waals surface area contributed by atoms with Crippen molar-refractivity contribution in [1.29, 1.82) is 10.5 Å². The number of allylic oxidation sites excluding steroid dienone is 3. The number of phenolic OH excluding ortho intramolecular Hbond substituents is 1. The number of fused-ring (bicyclic) bond motifs is 2. The van der Waals surface area contributed by atoms with E-state index in [1.807, 2.05) is 123 Å². The molecule has 266 valence electrons. The van der Waals surface area contributed by atoms with Gasteiger partial charge in [0.05, 0.1) is 34.7 Å². The fourth-order valence-corrected chi connectivity index (χ4v) is 6.64. The zero-order valence-corrected chi connectivity index (χ0v) is 30.5. The van der Waals surface area contributed by atoms with Gasteiger partial charge < -0.3 is 10.2 Å². The van der Waals surface area contributed by atoms with E-state index < -0.39 is 0 Å². The molecule has 0 aliphatic heterocycles. The van der Waals surface area contributed by atoms with E-state index in [-0.39, 0.29) is 23.3 Å². The van der Waals surface area contributed by atoms with Crippen molar-refractivity contribution in [3.8, 4) is 17.9 Å². The van der Waals surface area contributed by atoms with Crippen LogP contribution in [0.2, 0.25) is 0 Å². The van der Waals surface area contributed by atoms with Crippen molar-refractivity contribution in [3.05, 3.63) is 172 Å². The predicted octanol–water partition coefficient (Wildman–Crippen LogP) is 13.2. The first-order valence-corrected chi connectivity index (χ1v) is 17.9. The van der Waals surface area contributed by atoms with Gasteiger partial charge in [-0.05, 0) is 94.1 Å². The molecule has 6 aromatic rings. The summed E-state index contributed by atoms with van der Waals surface area (Å²) in [5.74, 6) is 0.448. The molecule has 8 heteroatoms. The average molecular weight is 717 g/mol. The number of aliphatic hydroxyl groups is 1. The number of nitriles is 2. The molecule has 2 N–H and O–H groups in total. The second-order valence-corrected chi connectivity index (χ2v) is 13.5. The molecule has 0 spiro atoms. The number of rotatable bonds is 8. The van der Waals surface area contributed by atoms with E-state index in [0.717, 1.165) is 49.7 Å². The Morgan fingerprint density at radius 1 is 0.618 bits per heavy atom. The Labute approximate surface area is 319 Å². The summed E-state index contributed by atoms with van der Waals surface area (Å²) in [7, 11) is 0. The summed E-state index contributed by atoms with van der Waals surface area (Å²) in [5, 5.41) is 61.0. The molecule has 1 aliphatic carbocycles. The van der Waals surface area contributed by atoms with Gasteiger partial charge in [-0.2, -0.15) is 20.8 Å². The second kappa shape index (κ2) is 15.7. The summed E-state index contributed by atoms with van der Waals surface area (Å²) in [5.41, 5.74) is 8.89. The first-order valence-electron chi connectivity index (χ1n) is 17.9. The molecule has 0 aromatic heterocycles. The third-order valence-corrected chi connectivity index (χ3v) is 10.0. The number of azo groups is 2. The third-order valence-electron chi connectivity index (χ3n) is 10.0. The van der Waals surface area contributed by atoms with Gasteiger partial charge in [-0.25, -0.2) is 0 Å². The lowest BCUT2D eigenvalue weighted by Crippen LogP contribution is -2.17. The molecule has 2 unspecified atom stereocenters. The van der Waals surface area contributed by atoms with E-state index in [0.29, 0.717) is 33.9 Å². The van der Waals surface area contributed by atoms with E-state index in [2.05, 4.69) is 45.6 Å². The van der Waals surface area contributed by atoms with Crippen LogP contribution in [0.5, 0.6) is 5.75 Å². The number of aryl methyl sites for hydroxylation is 1. The highest BCUT2D eigenvalue weighted by molar-refractivity contribution is 5.96. The third kappa shape index (κ3) is 7.57. The maximum atomic E-state index is 10.9. The lowest BCUT2D eigenvalue weighted by atomic mass is 9.79. The molecule has 1 aliphatic rings. The molecule has 0 heterocycles. The van der Waals surface area contributed by atoms with Crippen LogP contribution in [0.4, 0.5) is 17.1 Å². The van der Waals surface area contributed by atoms with Gasteiger partial charge in [0.2, 0.25) is 0 Å². The van der Waals surface area contributed by atoms with Crippen LogP contribution in [0.15, 0.2) is 154 Å². The Kier molecular flexibility index (Phi) is 10.2. The zero-order chi connectivity index (χ0) is 38.5. The molecule has 8 nitrogen and oxygen atoms in total. The molecular weight excluding hydrogens is 681 g/mol. The Hall–Kier alpha value is -7.42. The van der Waals surface area contributed by atoms with Crippen LogP contribution in [-0.2, 0) is 0 Å². The number of aliphatic hydroxyl groups excluding tert-OH is 1. The quantitative estimate of drug-likeness (QED) is 0.0919. The largest absolute Gasteiger partial charge is 0.510 e. The van der Waals surface area contributed by atoms with Gasteiger partial charge in [0.1, 0.15) is 22.9 Å². The monoisotopic (exact) mass is 716 g/mol. The van der Waals surface area contributed by atoms with Gasteiger partial charge in [-0.1, -0.05) is 111 Å². The van der Waals surface area contributed by atoms with E-state index in [1.54, 1.807) is 24.3 Å². The maximum Gasteiger partial charge on any atom is 0.146 e. The number of nitrogens with zero attached hydrogens (tertiary/aromatic N) is 6. The number of benzene rings is 6. The lowest BCUT2D eigenvalue weighted by molar-refractivity contribution is 0.316. The van der Waals surface area contributed by atoms with Crippen LogP contribution < -0.4 is 0 Å². The average Bonchev–Trinajstić information content (AvgIpc) is 3.22. The van der Waals surface area contributed by atoms with Crippen LogP contribution in [0.3, 0.4) is 0 Å². The van der Waals surface area contributed by atoms with Crippen molar-refractivity contribution >= 4 is 56.8 Å². The minimum atomic E-state index is -0.0660. The number of phenols is 1. The number of hydrogen-bond donors (Lipinski definition) is 2. The minimum absolute atomic E-state index is 0.0660. The zero-order valence-electron chi connectivity index (χ0n) is 30.5. The Morgan fingerprint density at radius 3 is 1.73 bits per heavy atom. The van der Waals surface area contributed by atoms with Gasteiger partial charge in [0.25, 0.3) is 0 Å². The molecule has 2 atom stereocenters. The van der Waals surface area contributed by atoms with Crippen molar-refractivity contribution in [2.24, 2.45) is 26.4 Å². The van der Waals surface area contributed by atoms with Gasteiger partial charge in [-0.3, -0.25) is 0 Å². The summed E-state index contributed by atoms with van der Waals surface area (Å²) in [6.07, 6.45) is 3.59. The molecular formula is C47H36N6O2. The van der Waals surface area contributed by atoms with E-state index >= 15 is 0 Å². The van der Waals surface area contributed by atoms with E-state index in [4.69, 9.17) is 0 Å². The van der Waals surface area contributed by atoms with Gasteiger partial charge in [0, 0.05) is 16.9 Å². The summed E-state index contributed by atoms with van der Waals surface area (Å²) in [6.45, 7) is 5.93. The summed E-state index contributed by atoms with van der Waals surface area (Å²) in [4.78, 5) is 0. The van der Waals surface area contributed by atoms with E-state index in [1.165, 1.54) is 0 Å². The minimum Gasteiger partial charge on any atom is -0.510 e. The van der Waals surface area contributed by atoms with Crippen LogP contribution in [0.25, 0.3) is 39.8 Å². The van der Waals surface area contributed by atoms with Crippen LogP contribution in [0, 0.1) is 35.5 Å². The van der Waals surface area contributed by atoms with Gasteiger partial charge >= 0.3 is 0 Å². The Morgan fingerprint density at radius 2 is 1.15 bits per heavy atom. The molecule has 0 fully saturated rings. The highest BCUT2D eigenvalue weighted by Crippen LogP contribution is 2.42. The van der Waals surface area contributed by atoms with E-state index in [9.17, 15) is 20.7 Å². The molecule has 0 saturated carbocycles. The molecule has 7 rings (SSSR count). The molecule has 0 radical (unpaired) electrons. The summed E-state index contributed by atoms with van der Waals surface area (Å²) < 4.78 is 0. The second-order valence-electron chi connectivity index (χ2n) is 13.5. The summed E-state index contributed by atoms with van der Waals surface area (Å²) in [6, 6.07) is 44.2. The van der Waals surface area contributed by atoms with Crippen molar-refractivity contribution in [3.63, 3.8) is 0 Å². The topological polar surface area (TPSA) is 137 Å². The fraction of sp³-hybridized carbons (Fsp3) is 0.106. The van der Waals surface area contributed by atoms with Crippen molar-refractivity contribution in [2.45, 2.75) is 26.7 Å². The fourth-order valence-electron chi connectivity index (χ4n) is 6.64. The molecule has 0 amide bonds. The van der Waals surface area contributed by atoms with Crippen LogP contribution >= 0.6 is 0 Å². The Bertz CT molecular complexity index is 2660. The maximum absolute atomic E-state index is 10.9. The van der Waals surface area contributed by atoms with Crippen molar-refractivity contribution in [1.82, 2.24) is 0 Å². The normalized spacial score (nSPS) is 16.0. The van der Waals surface area contributed by atoms with Crippen LogP contribution in [-0.4, -0.2) is 10.2 Å². The summed E-state index contributed by atoms with van der Waals surface area (Å²) >= 11 is 0. The van der Waals surface area contributed by atoms with Crippen molar-refractivity contribution < 1.29 is 10.2 Å². The van der Waals surface area contributed by atoms with Gasteiger partial charge in [0.15, 0.2) is 0 Å². The highest BCUT2D eigenvalue weighted by atomic mass is 16.3. The first-order chi connectivity index (χ1) is 26.7. The van der Waals surface area contributed by atoms with Gasteiger partial charge in [-0.15, -0.1) is 10.2 Å². The number of hydrogen-bond acceptors (Lipinski definition) is 8. The van der Waals surface area contributed by atoms with Crippen molar-refractivity contribution in [2.75, 3.05) is 0 Å². The predicted molar refractivity (Wildman–Crippen MR) is 219 cm³/mol. The smallest absolute Gasteiger partial charge is 0.146 e. The standard InChI is InChI=1S/C47H36N6O2/c1-29-24-36-8-4-5-10-42(36)44(46(29)54)52-50-39-20-12-32(13-21-39)25-37(27-48)34-16-18-35(19-17-34)38(28-49)26-33-14-22-40(23-15-33)51-53-45-43-11-7-6-9-41(43)30(2)31(3)47(45)55/h4-26,30-31,54-55H,1-3H3/b37-25-,38-26-,52-50?,53-51?. The lowest BCUT2D eigenvalue weighted by Gasteiger charge is -2.28. The highest BCUT2D eigenvalue weighted by Gasteiger charge is 2.30. The Balaban J connectivity index is 1.04. The molecule has 0 bridgehead atoms. The first kappa shape index (κ1) is 36.0. The molecule has 0 saturated heterocycles.